The normalized spacial score (nSPS) is 29.9. The lowest BCUT2D eigenvalue weighted by atomic mass is 9.89. The Labute approximate surface area is 191 Å². The van der Waals surface area contributed by atoms with Gasteiger partial charge in [0, 0.05) is 62.4 Å². The first-order valence-electron chi connectivity index (χ1n) is 11.8. The molecule has 0 aromatic rings. The Balaban J connectivity index is 0.00000132. The second kappa shape index (κ2) is 11.4. The quantitative estimate of drug-likeness (QED) is 0.456. The maximum absolute atomic E-state index is 14.4. The van der Waals surface area contributed by atoms with Crippen molar-refractivity contribution in [2.24, 2.45) is 5.92 Å². The molecule has 0 aromatic carbocycles. The Bertz CT molecular complexity index is 704. The minimum absolute atomic E-state index is 0.00909. The summed E-state index contributed by atoms with van der Waals surface area (Å²) in [5.74, 6) is 1.41. The number of hydrogen-bond donors (Lipinski definition) is 1. The highest BCUT2D eigenvalue weighted by atomic mass is 32.2. The highest BCUT2D eigenvalue weighted by molar-refractivity contribution is 7.97. The maximum atomic E-state index is 14.4. The van der Waals surface area contributed by atoms with Crippen LogP contribution in [0.25, 0.3) is 0 Å². The number of allylic oxidation sites excluding steroid dienone is 2. The van der Waals surface area contributed by atoms with E-state index in [2.05, 4.69) is 28.4 Å². The first kappa shape index (κ1) is 24.9. The van der Waals surface area contributed by atoms with Gasteiger partial charge in [0.15, 0.2) is 0 Å². The molecule has 0 radical (unpaired) electrons. The van der Waals surface area contributed by atoms with Gasteiger partial charge in [-0.3, -0.25) is 4.90 Å². The first-order valence-corrected chi connectivity index (χ1v) is 12.7. The summed E-state index contributed by atoms with van der Waals surface area (Å²) in [6, 6.07) is 0.303. The van der Waals surface area contributed by atoms with E-state index in [0.29, 0.717) is 24.1 Å². The summed E-state index contributed by atoms with van der Waals surface area (Å²) in [7, 11) is 1.89. The fourth-order valence-corrected chi connectivity index (χ4v) is 5.76. The average molecular weight is 456 g/mol. The van der Waals surface area contributed by atoms with Crippen molar-refractivity contribution in [2.75, 3.05) is 45.6 Å². The summed E-state index contributed by atoms with van der Waals surface area (Å²) < 4.78 is 36.7. The van der Waals surface area contributed by atoms with Crippen molar-refractivity contribution in [3.8, 4) is 0 Å². The van der Waals surface area contributed by atoms with Gasteiger partial charge < -0.3 is 10.1 Å². The van der Waals surface area contributed by atoms with Gasteiger partial charge in [0.2, 0.25) is 0 Å². The largest absolute Gasteiger partial charge is 0.370 e. The van der Waals surface area contributed by atoms with E-state index in [1.54, 1.807) is 11.1 Å². The van der Waals surface area contributed by atoms with Crippen LogP contribution in [-0.2, 0) is 4.74 Å². The molecule has 4 aliphatic rings. The number of ether oxygens (including phenoxy) is 1. The van der Waals surface area contributed by atoms with Gasteiger partial charge in [-0.15, -0.1) is 0 Å². The zero-order chi connectivity index (χ0) is 22.5. The number of nitrogens with zero attached hydrogens (tertiary/aromatic N) is 2. The van der Waals surface area contributed by atoms with Crippen LogP contribution < -0.4 is 5.32 Å². The molecule has 4 nitrogen and oxygen atoms in total. The lowest BCUT2D eigenvalue weighted by Crippen LogP contribution is -2.53. The standard InChI is InChI=1S/C22H33F2N3OS.C2H6/c1-14(2)13-29-27-10-15-8-26(9-16(15)11-27)18-7-21(25-3)22(28-12-18)19-6-17(23)4-5-20(19)24;1-2/h6,14,18,21-22,25H,4-5,7-13H2,1-3H3;1-2H3/t18?,21?,22-;/m1./s1. The molecule has 0 amide bonds. The molecule has 1 N–H and O–H groups in total. The Morgan fingerprint density at radius 3 is 2.42 bits per heavy atom. The van der Waals surface area contributed by atoms with Gasteiger partial charge in [-0.25, -0.2) is 13.1 Å². The zero-order valence-corrected chi connectivity index (χ0v) is 20.5. The second-order valence-electron chi connectivity index (χ2n) is 9.09. The third-order valence-corrected chi connectivity index (χ3v) is 7.81. The van der Waals surface area contributed by atoms with Crippen LogP contribution in [0.1, 0.15) is 47.0 Å². The fourth-order valence-electron chi connectivity index (χ4n) is 4.75. The Kier molecular flexibility index (Phi) is 9.17. The molecule has 1 fully saturated rings. The molecule has 0 saturated carbocycles. The fraction of sp³-hybridized carbons (Fsp3) is 0.750. The Hall–Kier alpha value is -0.730. The van der Waals surface area contributed by atoms with Gasteiger partial charge in [-0.2, -0.15) is 0 Å². The Morgan fingerprint density at radius 1 is 1.13 bits per heavy atom. The number of rotatable bonds is 6. The van der Waals surface area contributed by atoms with Crippen LogP contribution >= 0.6 is 11.9 Å². The van der Waals surface area contributed by atoms with E-state index in [1.165, 1.54) is 11.8 Å². The molecule has 1 saturated heterocycles. The molecule has 3 atom stereocenters. The van der Waals surface area contributed by atoms with Crippen molar-refractivity contribution in [3.05, 3.63) is 34.4 Å². The van der Waals surface area contributed by atoms with Crippen molar-refractivity contribution in [1.29, 1.82) is 0 Å². The molecule has 31 heavy (non-hydrogen) atoms. The summed E-state index contributed by atoms with van der Waals surface area (Å²) >= 11 is 1.97. The third kappa shape index (κ3) is 5.99. The molecule has 2 unspecified atom stereocenters. The van der Waals surface area contributed by atoms with Gasteiger partial charge in [0.05, 0.1) is 6.61 Å². The van der Waals surface area contributed by atoms with Gasteiger partial charge in [0.25, 0.3) is 0 Å². The summed E-state index contributed by atoms with van der Waals surface area (Å²) in [4.78, 5) is 2.51. The number of likely N-dealkylation sites (N-methyl/N-ethyl adjacent to an activating group) is 1. The maximum Gasteiger partial charge on any atom is 0.106 e. The lowest BCUT2D eigenvalue weighted by molar-refractivity contribution is -0.0329. The van der Waals surface area contributed by atoms with E-state index in [1.807, 2.05) is 32.8 Å². The summed E-state index contributed by atoms with van der Waals surface area (Å²) in [5, 5.41) is 3.30. The SMILES string of the molecule is CC.CNC1CC(N2CC3=C(CN(SCC(C)C)C3)C2)CO[C@@H]1C1=C(F)CCC(F)=C1. The van der Waals surface area contributed by atoms with Crippen LogP contribution in [0.2, 0.25) is 0 Å². The second-order valence-corrected chi connectivity index (χ2v) is 10.2. The van der Waals surface area contributed by atoms with E-state index in [-0.39, 0.29) is 30.5 Å². The molecular weight excluding hydrogens is 416 g/mol. The van der Waals surface area contributed by atoms with Crippen LogP contribution in [0.4, 0.5) is 8.78 Å². The van der Waals surface area contributed by atoms with Crippen LogP contribution in [0.5, 0.6) is 0 Å². The van der Waals surface area contributed by atoms with Crippen LogP contribution in [0.15, 0.2) is 34.4 Å². The molecule has 1 aliphatic carbocycles. The monoisotopic (exact) mass is 455 g/mol. The van der Waals surface area contributed by atoms with Crippen molar-refractivity contribution < 1.29 is 13.5 Å². The number of nitrogens with one attached hydrogen (secondary N) is 1. The molecule has 7 heteroatoms. The topological polar surface area (TPSA) is 27.7 Å². The van der Waals surface area contributed by atoms with Gasteiger partial charge >= 0.3 is 0 Å². The first-order chi connectivity index (χ1) is 14.9. The van der Waals surface area contributed by atoms with Gasteiger partial charge in [-0.1, -0.05) is 39.6 Å². The molecular formula is C24H39F2N3OS. The molecule has 0 spiro atoms. The highest BCUT2D eigenvalue weighted by Gasteiger charge is 2.40. The van der Waals surface area contributed by atoms with E-state index < -0.39 is 6.10 Å². The van der Waals surface area contributed by atoms with Crippen LogP contribution in [-0.4, -0.2) is 73.0 Å². The van der Waals surface area contributed by atoms with E-state index >= 15 is 0 Å². The minimum atomic E-state index is -0.410. The third-order valence-electron chi connectivity index (χ3n) is 6.37. The van der Waals surface area contributed by atoms with E-state index in [9.17, 15) is 8.78 Å². The number of halogens is 2. The number of hydrogen-bond acceptors (Lipinski definition) is 5. The highest BCUT2D eigenvalue weighted by Crippen LogP contribution is 2.36. The van der Waals surface area contributed by atoms with Crippen molar-refractivity contribution in [1.82, 2.24) is 14.5 Å². The predicted molar refractivity (Wildman–Crippen MR) is 126 cm³/mol. The van der Waals surface area contributed by atoms with Gasteiger partial charge in [-0.05, 0) is 36.6 Å². The van der Waals surface area contributed by atoms with E-state index in [0.717, 1.165) is 32.6 Å². The average Bonchev–Trinajstić information content (AvgIpc) is 3.34. The summed E-state index contributed by atoms with van der Waals surface area (Å²) in [5.41, 5.74) is 3.53. The molecule has 4 rings (SSSR count). The Morgan fingerprint density at radius 2 is 1.81 bits per heavy atom. The molecule has 3 aliphatic heterocycles. The lowest BCUT2D eigenvalue weighted by Gasteiger charge is -2.41. The van der Waals surface area contributed by atoms with Gasteiger partial charge in [0.1, 0.15) is 17.8 Å². The van der Waals surface area contributed by atoms with Crippen LogP contribution in [0.3, 0.4) is 0 Å². The minimum Gasteiger partial charge on any atom is -0.370 e. The van der Waals surface area contributed by atoms with E-state index in [4.69, 9.17) is 4.74 Å². The molecule has 3 heterocycles. The summed E-state index contributed by atoms with van der Waals surface area (Å²) in [6.07, 6.45) is 2.13. The predicted octanol–water partition coefficient (Wildman–Crippen LogP) is 4.86. The van der Waals surface area contributed by atoms with Crippen molar-refractivity contribution in [2.45, 2.75) is 65.1 Å². The van der Waals surface area contributed by atoms with Crippen molar-refractivity contribution in [3.63, 3.8) is 0 Å². The smallest absolute Gasteiger partial charge is 0.106 e. The molecule has 176 valence electrons. The molecule has 0 bridgehead atoms. The zero-order valence-electron chi connectivity index (χ0n) is 19.7. The summed E-state index contributed by atoms with van der Waals surface area (Å²) in [6.45, 7) is 13.2. The van der Waals surface area contributed by atoms with Crippen molar-refractivity contribution >= 4 is 11.9 Å². The molecule has 0 aromatic heterocycles. The van der Waals surface area contributed by atoms with Crippen LogP contribution in [0, 0.1) is 5.92 Å².